The van der Waals surface area contributed by atoms with Gasteiger partial charge < -0.3 is 5.32 Å². The van der Waals surface area contributed by atoms with Crippen LogP contribution in [0.25, 0.3) is 27.7 Å². The number of aromatic nitrogens is 3. The molecule has 40 heavy (non-hydrogen) atoms. The van der Waals surface area contributed by atoms with Crippen LogP contribution < -0.4 is 16.2 Å². The van der Waals surface area contributed by atoms with Crippen LogP contribution in [0, 0.1) is 5.92 Å². The Hall–Kier alpha value is -3.82. The second-order valence-electron chi connectivity index (χ2n) is 9.97. The molecule has 0 spiro atoms. The van der Waals surface area contributed by atoms with Crippen LogP contribution in [0.2, 0.25) is 0 Å². The summed E-state index contributed by atoms with van der Waals surface area (Å²) < 4.78 is 1.58. The van der Waals surface area contributed by atoms with Crippen molar-refractivity contribution in [3.8, 4) is 16.8 Å². The Bertz CT molecular complexity index is 1550. The number of nitrogens with zero attached hydrogens (tertiary/aromatic N) is 3. The minimum absolute atomic E-state index is 0.172. The number of carbonyl (C=O) groups is 2. The van der Waals surface area contributed by atoms with Crippen molar-refractivity contribution in [1.29, 1.82) is 0 Å². The fourth-order valence-corrected chi connectivity index (χ4v) is 6.08. The van der Waals surface area contributed by atoms with Crippen molar-refractivity contribution < 1.29 is 9.59 Å². The molecule has 1 unspecified atom stereocenters. The summed E-state index contributed by atoms with van der Waals surface area (Å²) in [6, 6.07) is 18.7. The van der Waals surface area contributed by atoms with Crippen molar-refractivity contribution in [2.45, 2.75) is 49.4 Å². The molecule has 4 aromatic rings. The van der Waals surface area contributed by atoms with Gasteiger partial charge in [-0.15, -0.1) is 0 Å². The molecule has 1 aliphatic heterocycles. The molecule has 5 rings (SSSR count). The lowest BCUT2D eigenvalue weighted by molar-refractivity contribution is -0.133. The van der Waals surface area contributed by atoms with E-state index in [4.69, 9.17) is 4.98 Å². The fraction of sp³-hybridized carbons (Fsp3) is 0.323. The minimum Gasteiger partial charge on any atom is -0.317 e. The molecule has 1 aliphatic rings. The first-order valence-corrected chi connectivity index (χ1v) is 14.7. The lowest BCUT2D eigenvalue weighted by Gasteiger charge is -2.23. The zero-order valence-corrected chi connectivity index (χ0v) is 23.3. The quantitative estimate of drug-likeness (QED) is 0.227. The number of carbonyl (C=O) groups excluding carboxylic acids is 2. The van der Waals surface area contributed by atoms with E-state index in [1.165, 1.54) is 11.8 Å². The number of piperidine rings is 1. The highest BCUT2D eigenvalue weighted by molar-refractivity contribution is 8.00. The molecule has 2 aromatic heterocycles. The van der Waals surface area contributed by atoms with Gasteiger partial charge in [-0.3, -0.25) is 29.3 Å². The first-order valence-electron chi connectivity index (χ1n) is 13.8. The summed E-state index contributed by atoms with van der Waals surface area (Å²) in [6.07, 6.45) is 7.19. The largest absolute Gasteiger partial charge is 0.317 e. The number of pyridine rings is 1. The van der Waals surface area contributed by atoms with Crippen molar-refractivity contribution in [2.75, 3.05) is 13.1 Å². The lowest BCUT2D eigenvalue weighted by Crippen LogP contribution is -2.44. The van der Waals surface area contributed by atoms with E-state index >= 15 is 0 Å². The summed E-state index contributed by atoms with van der Waals surface area (Å²) in [6.45, 7) is 3.60. The molecule has 0 bridgehead atoms. The Morgan fingerprint density at radius 2 is 1.88 bits per heavy atom. The maximum Gasteiger partial charge on any atom is 0.266 e. The van der Waals surface area contributed by atoms with Gasteiger partial charge in [0, 0.05) is 23.9 Å². The predicted octanol–water partition coefficient (Wildman–Crippen LogP) is 4.74. The second kappa shape index (κ2) is 13.0. The van der Waals surface area contributed by atoms with Crippen LogP contribution in [0.1, 0.15) is 39.0 Å². The van der Waals surface area contributed by atoms with Gasteiger partial charge in [-0.25, -0.2) is 4.98 Å². The topological polar surface area (TPSA) is 106 Å². The van der Waals surface area contributed by atoms with Gasteiger partial charge in [-0.1, -0.05) is 61.9 Å². The number of unbranched alkanes of at least 4 members (excludes halogenated alkanes) is 1. The van der Waals surface area contributed by atoms with E-state index in [2.05, 4.69) is 22.5 Å². The van der Waals surface area contributed by atoms with Gasteiger partial charge in [0.1, 0.15) is 0 Å². The maximum atomic E-state index is 13.9. The Labute approximate surface area is 237 Å². The molecule has 1 saturated heterocycles. The summed E-state index contributed by atoms with van der Waals surface area (Å²) in [5.74, 6) is -0.726. The number of benzene rings is 2. The van der Waals surface area contributed by atoms with Crippen LogP contribution in [0.5, 0.6) is 0 Å². The number of hydrogen-bond donors (Lipinski definition) is 2. The first kappa shape index (κ1) is 27.7. The van der Waals surface area contributed by atoms with Crippen LogP contribution in [0.3, 0.4) is 0 Å². The highest BCUT2D eigenvalue weighted by atomic mass is 32.2. The Balaban J connectivity index is 1.53. The molecular weight excluding hydrogens is 522 g/mol. The van der Waals surface area contributed by atoms with Crippen molar-refractivity contribution >= 4 is 34.5 Å². The third kappa shape index (κ3) is 6.32. The second-order valence-corrected chi connectivity index (χ2v) is 11.1. The van der Waals surface area contributed by atoms with E-state index in [1.54, 1.807) is 29.1 Å². The van der Waals surface area contributed by atoms with Gasteiger partial charge in [0.05, 0.1) is 21.8 Å². The number of thioether (sulfide) groups is 1. The molecule has 206 valence electrons. The number of amides is 2. The van der Waals surface area contributed by atoms with Gasteiger partial charge in [-0.05, 0) is 68.2 Å². The smallest absolute Gasteiger partial charge is 0.266 e. The van der Waals surface area contributed by atoms with E-state index in [-0.39, 0.29) is 23.3 Å². The summed E-state index contributed by atoms with van der Waals surface area (Å²) in [5, 5.41) is 6.25. The molecule has 1 fully saturated rings. The van der Waals surface area contributed by atoms with Crippen LogP contribution in [0.15, 0.2) is 83.0 Å². The van der Waals surface area contributed by atoms with Gasteiger partial charge >= 0.3 is 0 Å². The molecule has 1 atom stereocenters. The number of fused-ring (bicyclic) bond motifs is 1. The highest BCUT2D eigenvalue weighted by Crippen LogP contribution is 2.30. The SMILES string of the molecule is CCCCC(Sc1nc2ccccc2c(=O)n1-c1cccc(-c2cccnc2)c1)C(=O)NC(=O)C1CCNCC1. The Morgan fingerprint density at radius 1 is 1.07 bits per heavy atom. The number of rotatable bonds is 9. The predicted molar refractivity (Wildman–Crippen MR) is 158 cm³/mol. The molecular formula is C31H33N5O3S. The molecule has 0 saturated carbocycles. The van der Waals surface area contributed by atoms with Crippen LogP contribution in [-0.2, 0) is 9.59 Å². The van der Waals surface area contributed by atoms with Crippen molar-refractivity contribution in [3.63, 3.8) is 0 Å². The molecule has 0 aliphatic carbocycles. The zero-order chi connectivity index (χ0) is 27.9. The molecule has 8 nitrogen and oxygen atoms in total. The Kier molecular flexibility index (Phi) is 9.03. The number of nitrogens with one attached hydrogen (secondary N) is 2. The fourth-order valence-electron chi connectivity index (χ4n) is 4.93. The van der Waals surface area contributed by atoms with Crippen LogP contribution in [0.4, 0.5) is 0 Å². The summed E-state index contributed by atoms with van der Waals surface area (Å²) in [7, 11) is 0. The first-order chi connectivity index (χ1) is 19.5. The van der Waals surface area contributed by atoms with Crippen LogP contribution >= 0.6 is 11.8 Å². The van der Waals surface area contributed by atoms with Crippen molar-refractivity contribution in [3.05, 3.63) is 83.4 Å². The third-order valence-electron chi connectivity index (χ3n) is 7.16. The van der Waals surface area contributed by atoms with Crippen molar-refractivity contribution in [1.82, 2.24) is 25.2 Å². The van der Waals surface area contributed by atoms with Gasteiger partial charge in [0.15, 0.2) is 5.16 Å². The highest BCUT2D eigenvalue weighted by Gasteiger charge is 2.28. The van der Waals surface area contributed by atoms with Gasteiger partial charge in [0.25, 0.3) is 5.56 Å². The Morgan fingerprint density at radius 3 is 2.65 bits per heavy atom. The summed E-state index contributed by atoms with van der Waals surface area (Å²) in [5.41, 5.74) is 2.84. The van der Waals surface area contributed by atoms with E-state index < -0.39 is 5.25 Å². The number of para-hydroxylation sites is 1. The van der Waals surface area contributed by atoms with E-state index in [0.717, 1.165) is 37.1 Å². The van der Waals surface area contributed by atoms with E-state index in [1.807, 2.05) is 48.5 Å². The normalized spacial score (nSPS) is 14.6. The van der Waals surface area contributed by atoms with Gasteiger partial charge in [-0.2, -0.15) is 0 Å². The average molecular weight is 556 g/mol. The number of imide groups is 1. The minimum atomic E-state index is -0.577. The molecule has 2 aromatic carbocycles. The molecule has 3 heterocycles. The number of hydrogen-bond acceptors (Lipinski definition) is 7. The maximum absolute atomic E-state index is 13.9. The lowest BCUT2D eigenvalue weighted by atomic mass is 9.97. The summed E-state index contributed by atoms with van der Waals surface area (Å²) >= 11 is 1.24. The zero-order valence-electron chi connectivity index (χ0n) is 22.5. The van der Waals surface area contributed by atoms with E-state index in [0.29, 0.717) is 41.0 Å². The molecule has 0 radical (unpaired) electrons. The standard InChI is InChI=1S/C31H33N5O3S/c1-2-3-13-27(29(38)35-28(37)21-14-17-32-18-15-21)40-31-34-26-12-5-4-11-25(26)30(39)36(31)24-10-6-8-22(19-24)23-9-7-16-33-20-23/h4-12,16,19-21,27,32H,2-3,13-15,17-18H2,1H3,(H,35,37,38). The van der Waals surface area contributed by atoms with E-state index in [9.17, 15) is 14.4 Å². The molecule has 9 heteroatoms. The molecule has 2 N–H and O–H groups in total. The van der Waals surface area contributed by atoms with Crippen LogP contribution in [-0.4, -0.2) is 44.7 Å². The third-order valence-corrected chi connectivity index (χ3v) is 8.38. The molecule has 2 amide bonds. The summed E-state index contributed by atoms with van der Waals surface area (Å²) in [4.78, 5) is 49.3. The van der Waals surface area contributed by atoms with Gasteiger partial charge in [0.2, 0.25) is 11.8 Å². The monoisotopic (exact) mass is 555 g/mol. The average Bonchev–Trinajstić information content (AvgIpc) is 3.00. The van der Waals surface area contributed by atoms with Crippen molar-refractivity contribution in [2.24, 2.45) is 5.92 Å².